The highest BCUT2D eigenvalue weighted by Crippen LogP contribution is 2.31. The number of carbonyl (C=O) groups is 1. The molecule has 0 saturated heterocycles. The number of aryl methyl sites for hydroxylation is 1. The fourth-order valence-electron chi connectivity index (χ4n) is 2.16. The first-order valence-electron chi connectivity index (χ1n) is 5.18. The normalized spacial score (nSPS) is 15.0. The van der Waals surface area contributed by atoms with E-state index in [1.54, 1.807) is 12.1 Å². The average Bonchev–Trinajstić information content (AvgIpc) is 2.66. The number of benzene rings is 1. The zero-order valence-corrected chi connectivity index (χ0v) is 9.39. The first-order chi connectivity index (χ1) is 7.75. The molecule has 1 aromatic carbocycles. The first-order valence-corrected chi connectivity index (χ1v) is 6.34. The van der Waals surface area contributed by atoms with E-state index in [4.69, 9.17) is 0 Å². The quantitative estimate of drug-likeness (QED) is 0.806. The summed E-state index contributed by atoms with van der Waals surface area (Å²) in [6, 6.07) is 5.13. The maximum atomic E-state index is 10.8. The number of hydrogen-bond donors (Lipinski definition) is 1. The number of hydrogen-bond acceptors (Lipinski definition) is 3. The second-order valence-corrected chi connectivity index (χ2v) is 5.04. The van der Waals surface area contributed by atoms with Crippen LogP contribution in [0, 0.1) is 0 Å². The molecule has 3 nitrogen and oxygen atoms in total. The minimum atomic E-state index is -1.11. The molecule has 82 valence electrons. The van der Waals surface area contributed by atoms with Crippen molar-refractivity contribution in [2.24, 2.45) is 0 Å². The topological polar surface area (TPSA) is 55.9 Å². The molecule has 4 heteroatoms. The molecule has 3 rings (SSSR count). The molecule has 16 heavy (non-hydrogen) atoms. The molecule has 0 aliphatic carbocycles. The van der Waals surface area contributed by atoms with Crippen LogP contribution in [0.15, 0.2) is 18.2 Å². The van der Waals surface area contributed by atoms with Crippen LogP contribution in [0.4, 0.5) is 0 Å². The molecular weight excluding hydrogens is 222 g/mol. The summed E-state index contributed by atoms with van der Waals surface area (Å²) >= 11 is 1.89. The second kappa shape index (κ2) is 3.56. The molecule has 0 bridgehead atoms. The van der Waals surface area contributed by atoms with Crippen molar-refractivity contribution in [2.75, 3.05) is 5.75 Å². The van der Waals surface area contributed by atoms with Crippen LogP contribution >= 0.6 is 11.8 Å². The lowest BCUT2D eigenvalue weighted by atomic mass is 10.1. The van der Waals surface area contributed by atoms with Crippen molar-refractivity contribution in [2.45, 2.75) is 12.2 Å². The van der Waals surface area contributed by atoms with E-state index in [-0.39, 0.29) is 5.56 Å². The Kier molecular flexibility index (Phi) is 2.17. The Balaban J connectivity index is 2.25. The number of aromatic amines is 1. The Bertz CT molecular complexity index is 574. The summed E-state index contributed by atoms with van der Waals surface area (Å²) in [7, 11) is 0. The van der Waals surface area contributed by atoms with Gasteiger partial charge in [0.1, 0.15) is 0 Å². The zero-order valence-electron chi connectivity index (χ0n) is 8.58. The Morgan fingerprint density at radius 2 is 2.31 bits per heavy atom. The molecule has 0 amide bonds. The minimum Gasteiger partial charge on any atom is -0.545 e. The predicted octanol–water partition coefficient (Wildman–Crippen LogP) is 1.32. The van der Waals surface area contributed by atoms with Crippen molar-refractivity contribution in [3.05, 3.63) is 35.0 Å². The molecule has 0 saturated carbocycles. The maximum Gasteiger partial charge on any atom is 0.0715 e. The maximum absolute atomic E-state index is 10.8. The van der Waals surface area contributed by atoms with E-state index in [1.807, 2.05) is 17.8 Å². The Morgan fingerprint density at radius 1 is 1.44 bits per heavy atom. The summed E-state index contributed by atoms with van der Waals surface area (Å²) in [5, 5.41) is 11.8. The lowest BCUT2D eigenvalue weighted by Crippen LogP contribution is -2.21. The van der Waals surface area contributed by atoms with Crippen molar-refractivity contribution in [1.82, 2.24) is 4.98 Å². The second-order valence-electron chi connectivity index (χ2n) is 3.93. The van der Waals surface area contributed by atoms with Gasteiger partial charge in [-0.1, -0.05) is 6.07 Å². The summed E-state index contributed by atoms with van der Waals surface area (Å²) < 4.78 is 0. The van der Waals surface area contributed by atoms with Crippen molar-refractivity contribution < 1.29 is 9.90 Å². The van der Waals surface area contributed by atoms with Gasteiger partial charge in [-0.25, -0.2) is 0 Å². The monoisotopic (exact) mass is 232 g/mol. The molecule has 2 aromatic rings. The minimum absolute atomic E-state index is 0.255. The van der Waals surface area contributed by atoms with Crippen molar-refractivity contribution >= 4 is 28.6 Å². The molecule has 0 fully saturated rings. The van der Waals surface area contributed by atoms with Gasteiger partial charge in [-0.15, -0.1) is 0 Å². The van der Waals surface area contributed by atoms with Gasteiger partial charge < -0.3 is 14.9 Å². The molecule has 0 spiro atoms. The van der Waals surface area contributed by atoms with Gasteiger partial charge >= 0.3 is 0 Å². The van der Waals surface area contributed by atoms with E-state index >= 15 is 0 Å². The van der Waals surface area contributed by atoms with Crippen LogP contribution in [0.2, 0.25) is 0 Å². The van der Waals surface area contributed by atoms with Gasteiger partial charge in [-0.2, -0.15) is 11.8 Å². The third kappa shape index (κ3) is 1.41. The fraction of sp³-hybridized carbons (Fsp3) is 0.250. The van der Waals surface area contributed by atoms with E-state index < -0.39 is 5.97 Å². The summed E-state index contributed by atoms with van der Waals surface area (Å²) in [6.07, 6.45) is 1.04. The lowest BCUT2D eigenvalue weighted by molar-refractivity contribution is -0.255. The van der Waals surface area contributed by atoms with Crippen LogP contribution in [0.1, 0.15) is 21.6 Å². The van der Waals surface area contributed by atoms with E-state index in [9.17, 15) is 9.90 Å². The number of thioether (sulfide) groups is 1. The van der Waals surface area contributed by atoms with Crippen molar-refractivity contribution in [3.63, 3.8) is 0 Å². The van der Waals surface area contributed by atoms with Crippen LogP contribution in [-0.4, -0.2) is 16.7 Å². The molecule has 0 unspecified atom stereocenters. The smallest absolute Gasteiger partial charge is 0.0715 e. The van der Waals surface area contributed by atoms with Gasteiger partial charge in [0.15, 0.2) is 0 Å². The number of H-pyrrole nitrogens is 1. The molecule has 1 N–H and O–H groups in total. The number of carbonyl (C=O) groups excluding carboxylic acids is 1. The Morgan fingerprint density at radius 3 is 3.12 bits per heavy atom. The number of aromatic nitrogens is 1. The average molecular weight is 232 g/mol. The SMILES string of the molecule is O=C([O-])c1ccc2[nH]c3c(c2c1)CSCC3. The molecule has 0 radical (unpaired) electrons. The molecule has 2 heterocycles. The summed E-state index contributed by atoms with van der Waals surface area (Å²) in [6.45, 7) is 0. The molecule has 0 atom stereocenters. The molecule has 1 aliphatic heterocycles. The summed E-state index contributed by atoms with van der Waals surface area (Å²) in [5.74, 6) is 0.985. The van der Waals surface area contributed by atoms with E-state index in [0.29, 0.717) is 0 Å². The van der Waals surface area contributed by atoms with E-state index in [2.05, 4.69) is 4.98 Å². The number of rotatable bonds is 1. The Labute approximate surface area is 96.9 Å². The van der Waals surface area contributed by atoms with Crippen molar-refractivity contribution in [3.8, 4) is 0 Å². The highest BCUT2D eigenvalue weighted by molar-refractivity contribution is 7.98. The van der Waals surface area contributed by atoms with Gasteiger partial charge in [0, 0.05) is 22.3 Å². The summed E-state index contributed by atoms with van der Waals surface area (Å²) in [5.41, 5.74) is 3.79. The van der Waals surface area contributed by atoms with Crippen LogP contribution < -0.4 is 5.11 Å². The Hall–Kier alpha value is -1.42. The highest BCUT2D eigenvalue weighted by atomic mass is 32.2. The number of carboxylic acids is 1. The zero-order chi connectivity index (χ0) is 11.1. The van der Waals surface area contributed by atoms with Gasteiger partial charge in [0.25, 0.3) is 0 Å². The van der Waals surface area contributed by atoms with Gasteiger partial charge in [0.05, 0.1) is 5.97 Å². The number of fused-ring (bicyclic) bond motifs is 3. The predicted molar refractivity (Wildman–Crippen MR) is 62.5 cm³/mol. The van der Waals surface area contributed by atoms with Crippen molar-refractivity contribution in [1.29, 1.82) is 0 Å². The first kappa shape index (κ1) is 9.78. The third-order valence-electron chi connectivity index (χ3n) is 2.97. The summed E-state index contributed by atoms with van der Waals surface area (Å²) in [4.78, 5) is 14.2. The molecular formula is C12H10NO2S-. The standard InChI is InChI=1S/C12H11NO2S/c14-12(15)7-1-2-10-8(5-7)9-6-16-4-3-11(9)13-10/h1-2,5,13H,3-4,6H2,(H,14,15)/p-1. The lowest BCUT2D eigenvalue weighted by Gasteiger charge is -2.10. The van der Waals surface area contributed by atoms with Gasteiger partial charge in [-0.05, 0) is 35.4 Å². The highest BCUT2D eigenvalue weighted by Gasteiger charge is 2.15. The number of carboxylic acid groups (broad SMARTS) is 1. The van der Waals surface area contributed by atoms with Crippen LogP contribution in [-0.2, 0) is 12.2 Å². The fourth-order valence-corrected chi connectivity index (χ4v) is 3.18. The molecule has 1 aromatic heterocycles. The van der Waals surface area contributed by atoms with Crippen LogP contribution in [0.5, 0.6) is 0 Å². The largest absolute Gasteiger partial charge is 0.545 e. The van der Waals surface area contributed by atoms with Crippen LogP contribution in [0.3, 0.4) is 0 Å². The van der Waals surface area contributed by atoms with Gasteiger partial charge in [0.2, 0.25) is 0 Å². The molecule has 1 aliphatic rings. The van der Waals surface area contributed by atoms with E-state index in [0.717, 1.165) is 28.8 Å². The van der Waals surface area contributed by atoms with Crippen LogP contribution in [0.25, 0.3) is 10.9 Å². The van der Waals surface area contributed by atoms with Gasteiger partial charge in [-0.3, -0.25) is 0 Å². The third-order valence-corrected chi connectivity index (χ3v) is 3.96. The number of nitrogens with one attached hydrogen (secondary N) is 1. The van der Waals surface area contributed by atoms with E-state index in [1.165, 1.54) is 11.3 Å². The number of aromatic carboxylic acids is 1.